The molecule has 0 bridgehead atoms. The lowest BCUT2D eigenvalue weighted by molar-refractivity contribution is -0.375. The first-order chi connectivity index (χ1) is 8.99. The summed E-state index contributed by atoms with van der Waals surface area (Å²) in [6, 6.07) is 0. The van der Waals surface area contributed by atoms with E-state index in [2.05, 4.69) is 4.74 Å². The van der Waals surface area contributed by atoms with Gasteiger partial charge in [-0.2, -0.15) is 26.3 Å². The van der Waals surface area contributed by atoms with Crippen molar-refractivity contribution < 1.29 is 41.0 Å². The Labute approximate surface area is 110 Å². The van der Waals surface area contributed by atoms with Crippen LogP contribution in [0.15, 0.2) is 0 Å². The number of ether oxygens (including phenoxy) is 1. The summed E-state index contributed by atoms with van der Waals surface area (Å²) in [5, 5.41) is 9.34. The largest absolute Gasteiger partial charge is 0.437 e. The first kappa shape index (κ1) is 17.1. The van der Waals surface area contributed by atoms with Crippen LogP contribution in [-0.4, -0.2) is 35.1 Å². The lowest BCUT2D eigenvalue weighted by atomic mass is 9.80. The summed E-state index contributed by atoms with van der Waals surface area (Å²) in [5.41, 5.74) is -4.62. The summed E-state index contributed by atoms with van der Waals surface area (Å²) in [6.07, 6.45) is -13.7. The van der Waals surface area contributed by atoms with Gasteiger partial charge < -0.3 is 9.84 Å². The van der Waals surface area contributed by atoms with Crippen molar-refractivity contribution in [1.82, 2.24) is 0 Å². The van der Waals surface area contributed by atoms with E-state index in [0.29, 0.717) is 12.8 Å². The number of carbonyl (C=O) groups excluding carboxylic acids is 1. The third kappa shape index (κ3) is 2.59. The fraction of sp³-hybridized carbons (Fsp3) is 0.909. The zero-order valence-electron chi connectivity index (χ0n) is 10.5. The van der Waals surface area contributed by atoms with Gasteiger partial charge in [0.1, 0.15) is 0 Å². The highest BCUT2D eigenvalue weighted by molar-refractivity contribution is 5.78. The number of cyclic esters (lactones) is 1. The molecule has 0 unspecified atom stereocenters. The monoisotopic (exact) mass is 308 g/mol. The van der Waals surface area contributed by atoms with Crippen LogP contribution in [0, 0.1) is 5.92 Å². The zero-order valence-corrected chi connectivity index (χ0v) is 10.5. The molecule has 9 heteroatoms. The van der Waals surface area contributed by atoms with E-state index >= 15 is 0 Å². The Morgan fingerprint density at radius 2 is 1.65 bits per heavy atom. The fourth-order valence-corrected chi connectivity index (χ4v) is 2.35. The highest BCUT2D eigenvalue weighted by Crippen LogP contribution is 2.55. The molecule has 0 aromatic carbocycles. The number of hydrogen-bond acceptors (Lipinski definition) is 3. The SMILES string of the molecule is CCCCC[C@H]1[C@H](O)C(=O)OC1(C(F)(F)F)C(F)(F)F. The van der Waals surface area contributed by atoms with Crippen LogP contribution >= 0.6 is 0 Å². The van der Waals surface area contributed by atoms with Gasteiger partial charge in [-0.3, -0.25) is 0 Å². The third-order valence-electron chi connectivity index (χ3n) is 3.37. The molecule has 1 N–H and O–H groups in total. The zero-order chi connectivity index (χ0) is 15.8. The van der Waals surface area contributed by atoms with Gasteiger partial charge in [-0.05, 0) is 6.42 Å². The quantitative estimate of drug-likeness (QED) is 0.493. The van der Waals surface area contributed by atoms with Crippen molar-refractivity contribution in [2.24, 2.45) is 5.92 Å². The van der Waals surface area contributed by atoms with E-state index in [1.54, 1.807) is 6.92 Å². The highest BCUT2D eigenvalue weighted by atomic mass is 19.4. The Morgan fingerprint density at radius 1 is 1.15 bits per heavy atom. The molecule has 0 aliphatic carbocycles. The minimum absolute atomic E-state index is 0.0305. The van der Waals surface area contributed by atoms with Crippen molar-refractivity contribution in [3.8, 4) is 0 Å². The molecular formula is C11H14F6O3. The molecule has 0 spiro atoms. The summed E-state index contributed by atoms with van der Waals surface area (Å²) in [4.78, 5) is 11.1. The average molecular weight is 308 g/mol. The molecule has 1 fully saturated rings. The Bertz CT molecular complexity index is 348. The van der Waals surface area contributed by atoms with Gasteiger partial charge in [-0.1, -0.05) is 26.2 Å². The summed E-state index contributed by atoms with van der Waals surface area (Å²) in [6.45, 7) is 1.72. The van der Waals surface area contributed by atoms with E-state index in [-0.39, 0.29) is 6.42 Å². The number of aliphatic hydroxyl groups excluding tert-OH is 1. The Morgan fingerprint density at radius 3 is 2.05 bits per heavy atom. The minimum atomic E-state index is -5.84. The van der Waals surface area contributed by atoms with Crippen molar-refractivity contribution in [3.63, 3.8) is 0 Å². The summed E-state index contributed by atoms with van der Waals surface area (Å²) < 4.78 is 81.1. The molecule has 118 valence electrons. The summed E-state index contributed by atoms with van der Waals surface area (Å²) in [7, 11) is 0. The van der Waals surface area contributed by atoms with Crippen LogP contribution in [-0.2, 0) is 9.53 Å². The number of halogens is 6. The van der Waals surface area contributed by atoms with Crippen molar-refractivity contribution in [1.29, 1.82) is 0 Å². The molecule has 3 nitrogen and oxygen atoms in total. The third-order valence-corrected chi connectivity index (χ3v) is 3.37. The van der Waals surface area contributed by atoms with Gasteiger partial charge in [-0.15, -0.1) is 0 Å². The second-order valence-corrected chi connectivity index (χ2v) is 4.70. The number of carbonyl (C=O) groups is 1. The van der Waals surface area contributed by atoms with E-state index in [0.717, 1.165) is 0 Å². The standard InChI is InChI=1S/C11H14F6O3/c1-2-3-4-5-6-7(18)8(19)20-9(6,10(12,13)14)11(15,16)17/h6-7,18H,2-5H2,1H3/t6-,7-/m0/s1. The number of rotatable bonds is 4. The number of aliphatic hydroxyl groups is 1. The molecule has 1 heterocycles. The second-order valence-electron chi connectivity index (χ2n) is 4.70. The topological polar surface area (TPSA) is 46.5 Å². The number of hydrogen-bond donors (Lipinski definition) is 1. The van der Waals surface area contributed by atoms with Gasteiger partial charge >= 0.3 is 23.9 Å². The Kier molecular flexibility index (Phi) is 4.62. The maximum atomic E-state index is 12.9. The van der Waals surface area contributed by atoms with Gasteiger partial charge in [0.25, 0.3) is 0 Å². The lowest BCUT2D eigenvalue weighted by Crippen LogP contribution is -2.61. The number of unbranched alkanes of at least 4 members (excludes halogenated alkanes) is 2. The molecule has 20 heavy (non-hydrogen) atoms. The molecule has 2 atom stereocenters. The maximum absolute atomic E-state index is 12.9. The van der Waals surface area contributed by atoms with Crippen molar-refractivity contribution >= 4 is 5.97 Å². The first-order valence-electron chi connectivity index (χ1n) is 6.03. The predicted octanol–water partition coefficient (Wildman–Crippen LogP) is 2.96. The molecule has 0 amide bonds. The van der Waals surface area contributed by atoms with E-state index in [1.165, 1.54) is 0 Å². The van der Waals surface area contributed by atoms with Gasteiger partial charge in [0.05, 0.1) is 5.92 Å². The Balaban J connectivity index is 3.21. The Hall–Kier alpha value is -0.990. The van der Waals surface area contributed by atoms with E-state index in [9.17, 15) is 36.2 Å². The van der Waals surface area contributed by atoms with Crippen LogP contribution in [0.25, 0.3) is 0 Å². The second kappa shape index (κ2) is 5.42. The molecule has 0 radical (unpaired) electrons. The van der Waals surface area contributed by atoms with E-state index in [1.807, 2.05) is 0 Å². The van der Waals surface area contributed by atoms with Crippen LogP contribution in [0.1, 0.15) is 32.6 Å². The predicted molar refractivity (Wildman–Crippen MR) is 54.6 cm³/mol. The molecule has 1 rings (SSSR count). The summed E-state index contributed by atoms with van der Waals surface area (Å²) in [5.74, 6) is -4.26. The minimum Gasteiger partial charge on any atom is -0.437 e. The van der Waals surface area contributed by atoms with Gasteiger partial charge in [0.2, 0.25) is 0 Å². The van der Waals surface area contributed by atoms with Crippen LogP contribution in [0.3, 0.4) is 0 Å². The average Bonchev–Trinajstić information content (AvgIpc) is 2.53. The molecule has 0 aromatic rings. The van der Waals surface area contributed by atoms with Crippen LogP contribution < -0.4 is 0 Å². The van der Waals surface area contributed by atoms with Crippen LogP contribution in [0.4, 0.5) is 26.3 Å². The normalized spacial score (nSPS) is 26.7. The van der Waals surface area contributed by atoms with Gasteiger partial charge in [-0.25, -0.2) is 4.79 Å². The lowest BCUT2D eigenvalue weighted by Gasteiger charge is -2.36. The van der Waals surface area contributed by atoms with E-state index < -0.39 is 42.4 Å². The molecule has 1 aliphatic rings. The molecule has 0 aromatic heterocycles. The van der Waals surface area contributed by atoms with Gasteiger partial charge in [0.15, 0.2) is 6.10 Å². The van der Waals surface area contributed by atoms with Crippen LogP contribution in [0.2, 0.25) is 0 Å². The highest BCUT2D eigenvalue weighted by Gasteiger charge is 2.81. The van der Waals surface area contributed by atoms with Crippen molar-refractivity contribution in [3.05, 3.63) is 0 Å². The van der Waals surface area contributed by atoms with E-state index in [4.69, 9.17) is 0 Å². The maximum Gasteiger partial charge on any atom is 0.437 e. The molecular weight excluding hydrogens is 294 g/mol. The summed E-state index contributed by atoms with van der Waals surface area (Å²) >= 11 is 0. The fourth-order valence-electron chi connectivity index (χ4n) is 2.35. The van der Waals surface area contributed by atoms with Crippen molar-refractivity contribution in [2.45, 2.75) is 56.7 Å². The molecule has 1 aliphatic heterocycles. The first-order valence-corrected chi connectivity index (χ1v) is 6.03. The number of alkyl halides is 6. The number of esters is 1. The van der Waals surface area contributed by atoms with Crippen LogP contribution in [0.5, 0.6) is 0 Å². The van der Waals surface area contributed by atoms with Crippen molar-refractivity contribution in [2.75, 3.05) is 0 Å². The van der Waals surface area contributed by atoms with Gasteiger partial charge in [0, 0.05) is 0 Å². The molecule has 1 saturated heterocycles. The smallest absolute Gasteiger partial charge is 0.437 e. The molecule has 0 saturated carbocycles.